The monoisotopic (exact) mass is 233 g/mol. The van der Waals surface area contributed by atoms with Crippen molar-refractivity contribution in [2.24, 2.45) is 0 Å². The Morgan fingerprint density at radius 1 is 1.50 bits per heavy atom. The van der Waals surface area contributed by atoms with Gasteiger partial charge in [-0.25, -0.2) is 14.5 Å². The van der Waals surface area contributed by atoms with Crippen molar-refractivity contribution in [1.82, 2.24) is 14.8 Å². The molecule has 0 saturated heterocycles. The van der Waals surface area contributed by atoms with Crippen molar-refractivity contribution in [3.63, 3.8) is 0 Å². The molecule has 0 N–H and O–H groups in total. The molecule has 0 aliphatic heterocycles. The zero-order valence-electron chi connectivity index (χ0n) is 8.30. The molecule has 0 bridgehead atoms. The third kappa shape index (κ3) is 2.37. The summed E-state index contributed by atoms with van der Waals surface area (Å²) in [4.78, 5) is 14.2. The Bertz CT molecular complexity index is 544. The van der Waals surface area contributed by atoms with E-state index in [9.17, 15) is 4.79 Å². The minimum Gasteiger partial charge on any atom is -0.248 e. The average Bonchev–Trinajstić information content (AvgIpc) is 2.75. The largest absolute Gasteiger partial charge is 0.248 e. The summed E-state index contributed by atoms with van der Waals surface area (Å²) in [6, 6.07) is 7.29. The van der Waals surface area contributed by atoms with Crippen molar-refractivity contribution in [3.8, 4) is 11.4 Å². The fourth-order valence-corrected chi connectivity index (χ4v) is 1.46. The molecule has 2 rings (SSSR count). The highest BCUT2D eigenvalue weighted by Crippen LogP contribution is 2.18. The van der Waals surface area contributed by atoms with E-state index in [1.54, 1.807) is 29.1 Å². The Morgan fingerprint density at radius 3 is 3.12 bits per heavy atom. The van der Waals surface area contributed by atoms with Crippen LogP contribution in [0.4, 0.5) is 0 Å². The lowest BCUT2D eigenvalue weighted by Gasteiger charge is -1.95. The maximum atomic E-state index is 10.0. The molecule has 0 amide bonds. The number of aromatic nitrogens is 3. The molecule has 0 radical (unpaired) electrons. The van der Waals surface area contributed by atoms with E-state index >= 15 is 0 Å². The summed E-state index contributed by atoms with van der Waals surface area (Å²) in [5.74, 6) is 2.27. The molecule has 16 heavy (non-hydrogen) atoms. The minimum absolute atomic E-state index is 0.372. The van der Waals surface area contributed by atoms with Gasteiger partial charge in [0.15, 0.2) is 5.82 Å². The number of halogens is 1. The number of rotatable bonds is 3. The molecule has 0 aliphatic carbocycles. The van der Waals surface area contributed by atoms with Gasteiger partial charge in [-0.1, -0.05) is 23.7 Å². The second kappa shape index (κ2) is 4.75. The number of hydrogen-bond donors (Lipinski definition) is 0. The lowest BCUT2D eigenvalue weighted by atomic mass is 10.2. The van der Waals surface area contributed by atoms with Crippen LogP contribution in [0.2, 0.25) is 5.02 Å². The molecule has 0 fully saturated rings. The van der Waals surface area contributed by atoms with Gasteiger partial charge in [-0.3, -0.25) is 0 Å². The molecule has 0 aliphatic rings. The van der Waals surface area contributed by atoms with Gasteiger partial charge in [-0.15, -0.1) is 0 Å². The Balaban J connectivity index is 2.27. The van der Waals surface area contributed by atoms with Crippen LogP contribution < -0.4 is 0 Å². The quantitative estimate of drug-likeness (QED) is 0.762. The molecule has 80 valence electrons. The van der Waals surface area contributed by atoms with Crippen LogP contribution in [0.25, 0.3) is 11.4 Å². The van der Waals surface area contributed by atoms with E-state index in [0.717, 1.165) is 5.56 Å². The van der Waals surface area contributed by atoms with Gasteiger partial charge in [-0.2, -0.15) is 5.10 Å². The highest BCUT2D eigenvalue weighted by atomic mass is 35.5. The molecule has 0 spiro atoms. The Labute approximate surface area is 97.2 Å². The number of nitrogens with zero attached hydrogens (tertiary/aromatic N) is 3. The van der Waals surface area contributed by atoms with Crippen LogP contribution in [0.1, 0.15) is 0 Å². The second-order valence-electron chi connectivity index (χ2n) is 3.12. The molecular formula is C11H8ClN3O. The van der Waals surface area contributed by atoms with Crippen LogP contribution in [0.5, 0.6) is 0 Å². The molecule has 0 unspecified atom stereocenters. The van der Waals surface area contributed by atoms with Gasteiger partial charge in [0.2, 0.25) is 0 Å². The van der Waals surface area contributed by atoms with Gasteiger partial charge < -0.3 is 0 Å². The van der Waals surface area contributed by atoms with Gasteiger partial charge in [-0.05, 0) is 12.1 Å². The van der Waals surface area contributed by atoms with Crippen molar-refractivity contribution in [3.05, 3.63) is 41.7 Å². The van der Waals surface area contributed by atoms with Crippen molar-refractivity contribution in [2.45, 2.75) is 6.54 Å². The molecule has 4 nitrogen and oxygen atoms in total. The van der Waals surface area contributed by atoms with Crippen LogP contribution in [-0.4, -0.2) is 20.7 Å². The molecule has 1 aromatic carbocycles. The molecule has 1 aromatic heterocycles. The molecular weight excluding hydrogens is 226 g/mol. The summed E-state index contributed by atoms with van der Waals surface area (Å²) in [6.45, 7) is 0.372. The van der Waals surface area contributed by atoms with E-state index in [2.05, 4.69) is 10.1 Å². The average molecular weight is 234 g/mol. The number of hydrogen-bond acceptors (Lipinski definition) is 3. The van der Waals surface area contributed by atoms with E-state index in [1.807, 2.05) is 12.1 Å². The van der Waals surface area contributed by atoms with Gasteiger partial charge in [0.1, 0.15) is 12.3 Å². The highest BCUT2D eigenvalue weighted by molar-refractivity contribution is 6.30. The smallest absolute Gasteiger partial charge is 0.181 e. The van der Waals surface area contributed by atoms with Gasteiger partial charge in [0, 0.05) is 16.7 Å². The molecule has 2 aromatic rings. The molecule has 1 heterocycles. The number of allylic oxidation sites excluding steroid dienone is 1. The summed E-state index contributed by atoms with van der Waals surface area (Å²) in [5, 5.41) is 4.84. The highest BCUT2D eigenvalue weighted by Gasteiger charge is 2.03. The van der Waals surface area contributed by atoms with Crippen molar-refractivity contribution < 1.29 is 4.79 Å². The standard InChI is InChI=1S/C11H8ClN3O/c12-10-4-1-3-9(7-10)11-13-8-15(14-11)5-2-6-16/h1-4,7-8H,5H2. The molecule has 0 saturated carbocycles. The van der Waals surface area contributed by atoms with Crippen LogP contribution in [0, 0.1) is 0 Å². The predicted molar refractivity (Wildman–Crippen MR) is 60.7 cm³/mol. The normalized spacial score (nSPS) is 9.81. The first-order chi connectivity index (χ1) is 7.79. The maximum absolute atomic E-state index is 10.0. The first kappa shape index (κ1) is 10.6. The Kier molecular flexibility index (Phi) is 3.15. The van der Waals surface area contributed by atoms with Crippen molar-refractivity contribution in [1.29, 1.82) is 0 Å². The SMILES string of the molecule is O=C=CCn1cnc(-c2cccc(Cl)c2)n1. The van der Waals surface area contributed by atoms with Crippen LogP contribution in [0.3, 0.4) is 0 Å². The summed E-state index contributed by atoms with van der Waals surface area (Å²) >= 11 is 5.87. The Hall–Kier alpha value is -1.90. The zero-order chi connectivity index (χ0) is 11.4. The van der Waals surface area contributed by atoms with Gasteiger partial charge >= 0.3 is 0 Å². The lowest BCUT2D eigenvalue weighted by molar-refractivity contribution is 0.566. The van der Waals surface area contributed by atoms with Gasteiger partial charge in [0.25, 0.3) is 0 Å². The summed E-state index contributed by atoms with van der Waals surface area (Å²) in [6.07, 6.45) is 2.90. The van der Waals surface area contributed by atoms with Gasteiger partial charge in [0.05, 0.1) is 6.54 Å². The van der Waals surface area contributed by atoms with E-state index in [0.29, 0.717) is 17.4 Å². The Morgan fingerprint density at radius 2 is 2.38 bits per heavy atom. The first-order valence-corrected chi connectivity index (χ1v) is 5.02. The number of benzene rings is 1. The van der Waals surface area contributed by atoms with E-state index in [-0.39, 0.29) is 0 Å². The fourth-order valence-electron chi connectivity index (χ4n) is 1.27. The molecule has 0 atom stereocenters. The molecule has 5 heteroatoms. The maximum Gasteiger partial charge on any atom is 0.181 e. The third-order valence-corrected chi connectivity index (χ3v) is 2.22. The van der Waals surface area contributed by atoms with Crippen molar-refractivity contribution in [2.75, 3.05) is 0 Å². The predicted octanol–water partition coefficient (Wildman–Crippen LogP) is 1.99. The van der Waals surface area contributed by atoms with Crippen LogP contribution >= 0.6 is 11.6 Å². The zero-order valence-corrected chi connectivity index (χ0v) is 9.05. The topological polar surface area (TPSA) is 47.8 Å². The van der Waals surface area contributed by atoms with Crippen molar-refractivity contribution >= 4 is 17.5 Å². The van der Waals surface area contributed by atoms with Crippen LogP contribution in [0.15, 0.2) is 36.7 Å². The number of carbonyl (C=O) groups excluding carboxylic acids is 1. The summed E-state index contributed by atoms with van der Waals surface area (Å²) in [7, 11) is 0. The summed E-state index contributed by atoms with van der Waals surface area (Å²) in [5.41, 5.74) is 0.848. The fraction of sp³-hybridized carbons (Fsp3) is 0.0909. The minimum atomic E-state index is 0.372. The first-order valence-electron chi connectivity index (χ1n) is 4.64. The summed E-state index contributed by atoms with van der Waals surface area (Å²) < 4.78 is 1.56. The second-order valence-corrected chi connectivity index (χ2v) is 3.56. The van der Waals surface area contributed by atoms with E-state index in [4.69, 9.17) is 11.6 Å². The van der Waals surface area contributed by atoms with E-state index in [1.165, 1.54) is 6.08 Å². The lowest BCUT2D eigenvalue weighted by Crippen LogP contribution is -1.95. The van der Waals surface area contributed by atoms with Crippen LogP contribution in [-0.2, 0) is 11.3 Å². The van der Waals surface area contributed by atoms with E-state index < -0.39 is 0 Å². The third-order valence-electron chi connectivity index (χ3n) is 1.98.